The fraction of sp³-hybridized carbons (Fsp3) is 0.312. The largest absolute Gasteiger partial charge is 0.382 e. The van der Waals surface area contributed by atoms with Crippen LogP contribution < -0.4 is 10.5 Å². The number of rotatable bonds is 6. The summed E-state index contributed by atoms with van der Waals surface area (Å²) < 4.78 is 26.7. The summed E-state index contributed by atoms with van der Waals surface area (Å²) in [7, 11) is -3.14. The normalized spacial score (nSPS) is 12.2. The molecule has 1 aromatic carbocycles. The lowest BCUT2D eigenvalue weighted by Gasteiger charge is -2.09. The Hall–Kier alpha value is -2.19. The zero-order valence-corrected chi connectivity index (χ0v) is 14.3. The molecule has 3 rings (SSSR count). The quantitative estimate of drug-likeness (QED) is 0.661. The minimum atomic E-state index is -3.14. The van der Waals surface area contributed by atoms with Gasteiger partial charge < -0.3 is 10.3 Å². The molecule has 7 nitrogen and oxygen atoms in total. The molecule has 0 aliphatic carbocycles. The van der Waals surface area contributed by atoms with Gasteiger partial charge in [0.2, 0.25) is 10.0 Å². The van der Waals surface area contributed by atoms with E-state index in [4.69, 9.17) is 5.73 Å². The zero-order valence-electron chi connectivity index (χ0n) is 13.5. The second-order valence-electron chi connectivity index (χ2n) is 5.76. The number of benzene rings is 1. The van der Waals surface area contributed by atoms with Gasteiger partial charge in [0.05, 0.1) is 17.3 Å². The van der Waals surface area contributed by atoms with Gasteiger partial charge in [0, 0.05) is 25.4 Å². The van der Waals surface area contributed by atoms with E-state index in [1.807, 2.05) is 28.8 Å². The monoisotopic (exact) mass is 346 g/mol. The number of nitrogens with zero attached hydrogens (tertiary/aromatic N) is 3. The number of unbranched alkanes of at least 4 members (excludes halogenated alkanes) is 1. The topological polar surface area (TPSA) is 103 Å². The van der Waals surface area contributed by atoms with Gasteiger partial charge >= 0.3 is 0 Å². The fourth-order valence-electron chi connectivity index (χ4n) is 2.80. The van der Waals surface area contributed by atoms with Crippen molar-refractivity contribution in [3.63, 3.8) is 0 Å². The summed E-state index contributed by atoms with van der Waals surface area (Å²) in [6.07, 6.45) is 2.68. The van der Waals surface area contributed by atoms with Gasteiger partial charge in [0.1, 0.15) is 11.3 Å². The lowest BCUT2D eigenvalue weighted by atomic mass is 10.2. The van der Waals surface area contributed by atoms with Crippen LogP contribution in [0.4, 0.5) is 5.82 Å². The van der Waals surface area contributed by atoms with Crippen LogP contribution in [0.25, 0.3) is 21.9 Å². The molecule has 0 bridgehead atoms. The van der Waals surface area contributed by atoms with Crippen LogP contribution in [0.15, 0.2) is 24.3 Å². The van der Waals surface area contributed by atoms with Gasteiger partial charge in [0.15, 0.2) is 5.82 Å². The van der Waals surface area contributed by atoms with Crippen LogP contribution in [-0.4, -0.2) is 35.8 Å². The number of anilines is 1. The number of nitrogens with two attached hydrogens (primary N) is 1. The van der Waals surface area contributed by atoms with Crippen LogP contribution in [0.2, 0.25) is 0 Å². The number of sulfonamides is 1. The number of aromatic nitrogens is 3. The van der Waals surface area contributed by atoms with Crippen molar-refractivity contribution in [3.8, 4) is 0 Å². The highest BCUT2D eigenvalue weighted by molar-refractivity contribution is 7.88. The van der Waals surface area contributed by atoms with E-state index >= 15 is 0 Å². The van der Waals surface area contributed by atoms with Crippen molar-refractivity contribution in [3.05, 3.63) is 37.0 Å². The Morgan fingerprint density at radius 2 is 2.00 bits per heavy atom. The fourth-order valence-corrected chi connectivity index (χ4v) is 3.31. The lowest BCUT2D eigenvalue weighted by molar-refractivity contribution is 0.572. The first-order valence-electron chi connectivity index (χ1n) is 7.68. The van der Waals surface area contributed by atoms with Gasteiger partial charge in [-0.1, -0.05) is 18.2 Å². The number of hydrogen-bond donors (Lipinski definition) is 2. The highest BCUT2D eigenvalue weighted by Crippen LogP contribution is 2.28. The molecule has 0 spiro atoms. The molecule has 0 aliphatic rings. The van der Waals surface area contributed by atoms with Crippen molar-refractivity contribution in [2.24, 2.45) is 0 Å². The molecule has 0 fully saturated rings. The summed E-state index contributed by atoms with van der Waals surface area (Å²) in [5.41, 5.74) is 8.45. The number of nitrogens with one attached hydrogen (secondary N) is 1. The molecule has 0 unspecified atom stereocenters. The Kier molecular flexibility index (Phi) is 4.42. The molecular formula is C16H20N5O2S. The molecule has 8 heteroatoms. The zero-order chi connectivity index (χ0) is 17.3. The van der Waals surface area contributed by atoms with Crippen molar-refractivity contribution < 1.29 is 8.42 Å². The third-order valence-electron chi connectivity index (χ3n) is 3.86. The Labute approximate surface area is 140 Å². The van der Waals surface area contributed by atoms with Crippen molar-refractivity contribution in [1.29, 1.82) is 0 Å². The maximum atomic E-state index is 11.1. The minimum absolute atomic E-state index is 0.395. The average Bonchev–Trinajstić information content (AvgIpc) is 2.84. The van der Waals surface area contributed by atoms with E-state index in [9.17, 15) is 8.42 Å². The van der Waals surface area contributed by atoms with Crippen LogP contribution in [0.3, 0.4) is 0 Å². The highest BCUT2D eigenvalue weighted by atomic mass is 32.2. The molecule has 1 radical (unpaired) electrons. The number of imidazole rings is 1. The van der Waals surface area contributed by atoms with Gasteiger partial charge in [-0.2, -0.15) is 0 Å². The summed E-state index contributed by atoms with van der Waals surface area (Å²) >= 11 is 0. The molecule has 0 atom stereocenters. The highest BCUT2D eigenvalue weighted by Gasteiger charge is 2.14. The summed E-state index contributed by atoms with van der Waals surface area (Å²) in [4.78, 5) is 8.85. The molecule has 2 heterocycles. The first-order valence-corrected chi connectivity index (χ1v) is 9.57. The number of nitrogen functional groups attached to an aromatic ring is 1. The predicted molar refractivity (Wildman–Crippen MR) is 96.0 cm³/mol. The van der Waals surface area contributed by atoms with Crippen LogP contribution in [0, 0.1) is 6.92 Å². The average molecular weight is 346 g/mol. The predicted octanol–water partition coefficient (Wildman–Crippen LogP) is 1.68. The summed E-state index contributed by atoms with van der Waals surface area (Å²) in [6.45, 7) is 5.11. The molecule has 0 saturated heterocycles. The van der Waals surface area contributed by atoms with E-state index in [2.05, 4.69) is 21.6 Å². The Bertz CT molecular complexity index is 995. The van der Waals surface area contributed by atoms with Crippen molar-refractivity contribution in [2.45, 2.75) is 19.4 Å². The van der Waals surface area contributed by atoms with Gasteiger partial charge in [-0.25, -0.2) is 23.1 Å². The van der Waals surface area contributed by atoms with Gasteiger partial charge in [-0.15, -0.1) is 0 Å². The van der Waals surface area contributed by atoms with Crippen LogP contribution in [0.5, 0.6) is 0 Å². The van der Waals surface area contributed by atoms with Crippen LogP contribution in [0.1, 0.15) is 18.7 Å². The molecule has 0 saturated carbocycles. The van der Waals surface area contributed by atoms with E-state index in [0.717, 1.165) is 35.5 Å². The molecule has 0 amide bonds. The molecule has 127 valence electrons. The van der Waals surface area contributed by atoms with Crippen molar-refractivity contribution in [1.82, 2.24) is 19.3 Å². The van der Waals surface area contributed by atoms with E-state index < -0.39 is 10.0 Å². The molecule has 3 aromatic rings. The summed E-state index contributed by atoms with van der Waals surface area (Å²) in [5.74, 6) is 1.03. The van der Waals surface area contributed by atoms with E-state index in [1.165, 1.54) is 0 Å². The molecule has 2 aromatic heterocycles. The smallest absolute Gasteiger partial charge is 0.208 e. The molecule has 24 heavy (non-hydrogen) atoms. The summed E-state index contributed by atoms with van der Waals surface area (Å²) in [5, 5.41) is 0.985. The van der Waals surface area contributed by atoms with Gasteiger partial charge in [-0.3, -0.25) is 0 Å². The Balaban J connectivity index is 1.89. The van der Waals surface area contributed by atoms with E-state index in [0.29, 0.717) is 30.2 Å². The van der Waals surface area contributed by atoms with E-state index in [-0.39, 0.29) is 0 Å². The number of para-hydroxylation sites is 1. The van der Waals surface area contributed by atoms with Gasteiger partial charge in [0.25, 0.3) is 0 Å². The molecule has 3 N–H and O–H groups in total. The number of fused-ring (bicyclic) bond motifs is 3. The van der Waals surface area contributed by atoms with E-state index in [1.54, 1.807) is 0 Å². The van der Waals surface area contributed by atoms with Gasteiger partial charge in [-0.05, 0) is 18.9 Å². The van der Waals surface area contributed by atoms with Crippen molar-refractivity contribution >= 4 is 37.8 Å². The first-order chi connectivity index (χ1) is 11.4. The number of hydrogen-bond acceptors (Lipinski definition) is 5. The molecule has 0 aliphatic heterocycles. The maximum absolute atomic E-state index is 11.1. The first kappa shape index (κ1) is 16.7. The number of pyridine rings is 1. The maximum Gasteiger partial charge on any atom is 0.208 e. The number of aryl methyl sites for hydroxylation is 1. The standard InChI is InChI=1S/C16H20N5O2S/c1-11-19-14-15(12-7-3-4-8-13(12)20-16(14)17)21(11)10-6-5-9-18-24(2,22)23/h3-4,7-8,18H,1,5-6,9-10H2,2H3,(H2,17,20). The Morgan fingerprint density at radius 3 is 2.75 bits per heavy atom. The van der Waals surface area contributed by atoms with Crippen LogP contribution >= 0.6 is 0 Å². The minimum Gasteiger partial charge on any atom is -0.382 e. The third kappa shape index (κ3) is 3.34. The third-order valence-corrected chi connectivity index (χ3v) is 4.59. The van der Waals surface area contributed by atoms with Crippen molar-refractivity contribution in [2.75, 3.05) is 18.5 Å². The Morgan fingerprint density at radius 1 is 1.25 bits per heavy atom. The SMILES string of the molecule is [CH2]c1nc2c(N)nc3ccccc3c2n1CCCCNS(C)(=O)=O. The molecular weight excluding hydrogens is 326 g/mol. The second-order valence-corrected chi connectivity index (χ2v) is 7.60. The second kappa shape index (κ2) is 6.37. The lowest BCUT2D eigenvalue weighted by Crippen LogP contribution is -2.23. The summed E-state index contributed by atoms with van der Waals surface area (Å²) in [6, 6.07) is 7.78. The van der Waals surface area contributed by atoms with Crippen LogP contribution in [-0.2, 0) is 16.6 Å².